The molecule has 0 saturated carbocycles. The molecule has 0 aliphatic carbocycles. The molecule has 1 atom stereocenters. The number of cyclic esters (lactones) is 1. The summed E-state index contributed by atoms with van der Waals surface area (Å²) in [5, 5.41) is 2.69. The maximum Gasteiger partial charge on any atom is 0.337 e. The van der Waals surface area contributed by atoms with Gasteiger partial charge in [-0.1, -0.05) is 18.2 Å². The molecule has 1 N–H and O–H groups in total. The van der Waals surface area contributed by atoms with E-state index >= 15 is 0 Å². The predicted octanol–water partition coefficient (Wildman–Crippen LogP) is 2.02. The number of halogens is 1. The van der Waals surface area contributed by atoms with Gasteiger partial charge in [0.1, 0.15) is 11.4 Å². The van der Waals surface area contributed by atoms with Crippen molar-refractivity contribution in [3.05, 3.63) is 46.9 Å². The molecule has 3 rings (SSSR count). The van der Waals surface area contributed by atoms with Gasteiger partial charge in [0.2, 0.25) is 5.91 Å². The summed E-state index contributed by atoms with van der Waals surface area (Å²) < 4.78 is 19.3. The molecule has 0 saturated heterocycles. The monoisotopic (exact) mass is 275 g/mol. The smallest absolute Gasteiger partial charge is 0.337 e. The third-order valence-corrected chi connectivity index (χ3v) is 3.72. The number of carbonyl (C=O) groups excluding carboxylic acids is 2. The molecule has 0 aromatic heterocycles. The Balaban J connectivity index is 2.16. The van der Waals surface area contributed by atoms with Crippen LogP contribution < -0.4 is 5.32 Å². The molecular weight excluding hydrogens is 261 g/mol. The van der Waals surface area contributed by atoms with Crippen molar-refractivity contribution in [1.29, 1.82) is 0 Å². The van der Waals surface area contributed by atoms with Crippen molar-refractivity contribution < 1.29 is 18.7 Å². The first-order valence-corrected chi connectivity index (χ1v) is 6.42. The Morgan fingerprint density at radius 1 is 1.30 bits per heavy atom. The van der Waals surface area contributed by atoms with E-state index < -0.39 is 23.3 Å². The Morgan fingerprint density at radius 2 is 2.00 bits per heavy atom. The third kappa shape index (κ3) is 1.81. The van der Waals surface area contributed by atoms with Gasteiger partial charge in [0.15, 0.2) is 0 Å². The van der Waals surface area contributed by atoms with Crippen molar-refractivity contribution in [1.82, 2.24) is 5.32 Å². The van der Waals surface area contributed by atoms with Gasteiger partial charge in [-0.2, -0.15) is 0 Å². The van der Waals surface area contributed by atoms with E-state index in [9.17, 15) is 14.0 Å². The molecule has 2 aliphatic heterocycles. The van der Waals surface area contributed by atoms with Gasteiger partial charge >= 0.3 is 5.97 Å². The van der Waals surface area contributed by atoms with Crippen LogP contribution in [0, 0.1) is 5.82 Å². The van der Waals surface area contributed by atoms with Crippen LogP contribution >= 0.6 is 0 Å². The summed E-state index contributed by atoms with van der Waals surface area (Å²) in [6.45, 7) is 3.41. The SMILES string of the molecule is CC1(C)OC(=O)C2=C1NC(=O)C[C@@H]2c1ccccc1F. The first-order valence-electron chi connectivity index (χ1n) is 6.42. The molecule has 0 spiro atoms. The molecule has 2 aliphatic rings. The number of hydrogen-bond donors (Lipinski definition) is 1. The quantitative estimate of drug-likeness (QED) is 0.798. The number of amides is 1. The Labute approximate surface area is 115 Å². The van der Waals surface area contributed by atoms with Crippen molar-refractivity contribution in [2.24, 2.45) is 0 Å². The predicted molar refractivity (Wildman–Crippen MR) is 69.1 cm³/mol. The summed E-state index contributed by atoms with van der Waals surface area (Å²) in [6, 6.07) is 6.19. The average molecular weight is 275 g/mol. The van der Waals surface area contributed by atoms with Crippen molar-refractivity contribution in [3.8, 4) is 0 Å². The second-order valence-corrected chi connectivity index (χ2v) is 5.51. The van der Waals surface area contributed by atoms with Gasteiger partial charge in [0.05, 0.1) is 11.3 Å². The van der Waals surface area contributed by atoms with Gasteiger partial charge < -0.3 is 10.1 Å². The maximum atomic E-state index is 14.0. The fourth-order valence-electron chi connectivity index (χ4n) is 2.80. The molecule has 1 amide bonds. The highest BCUT2D eigenvalue weighted by Gasteiger charge is 2.47. The molecule has 104 valence electrons. The van der Waals surface area contributed by atoms with Crippen LogP contribution in [0.2, 0.25) is 0 Å². The zero-order valence-corrected chi connectivity index (χ0v) is 11.2. The van der Waals surface area contributed by atoms with Crippen molar-refractivity contribution in [3.63, 3.8) is 0 Å². The molecule has 2 heterocycles. The van der Waals surface area contributed by atoms with Crippen LogP contribution in [0.25, 0.3) is 0 Å². The summed E-state index contributed by atoms with van der Waals surface area (Å²) in [7, 11) is 0. The first-order chi connectivity index (χ1) is 9.40. The number of rotatable bonds is 1. The summed E-state index contributed by atoms with van der Waals surface area (Å²) in [4.78, 5) is 23.9. The fourth-order valence-corrected chi connectivity index (χ4v) is 2.80. The molecule has 4 nitrogen and oxygen atoms in total. The number of ether oxygens (including phenoxy) is 1. The highest BCUT2D eigenvalue weighted by molar-refractivity contribution is 5.99. The highest BCUT2D eigenvalue weighted by Crippen LogP contribution is 2.42. The normalized spacial score (nSPS) is 24.2. The number of carbonyl (C=O) groups is 2. The fraction of sp³-hybridized carbons (Fsp3) is 0.333. The van der Waals surface area contributed by atoms with E-state index in [2.05, 4.69) is 5.32 Å². The largest absolute Gasteiger partial charge is 0.450 e. The lowest BCUT2D eigenvalue weighted by Gasteiger charge is -2.27. The minimum Gasteiger partial charge on any atom is -0.450 e. The Hall–Kier alpha value is -2.17. The zero-order chi connectivity index (χ0) is 14.5. The Kier molecular flexibility index (Phi) is 2.67. The Morgan fingerprint density at radius 3 is 2.70 bits per heavy atom. The van der Waals surface area contributed by atoms with Gasteiger partial charge in [-0.25, -0.2) is 9.18 Å². The topological polar surface area (TPSA) is 55.4 Å². The van der Waals surface area contributed by atoms with Crippen LogP contribution in [0.15, 0.2) is 35.5 Å². The molecule has 5 heteroatoms. The zero-order valence-electron chi connectivity index (χ0n) is 11.2. The second-order valence-electron chi connectivity index (χ2n) is 5.51. The van der Waals surface area contributed by atoms with Crippen LogP contribution in [0.5, 0.6) is 0 Å². The molecule has 0 fully saturated rings. The van der Waals surface area contributed by atoms with E-state index in [1.165, 1.54) is 6.07 Å². The summed E-state index contributed by atoms with van der Waals surface area (Å²) in [5.41, 5.74) is 0.280. The average Bonchev–Trinajstić information content (AvgIpc) is 2.59. The second kappa shape index (κ2) is 4.16. The van der Waals surface area contributed by atoms with Gasteiger partial charge in [-0.05, 0) is 25.5 Å². The van der Waals surface area contributed by atoms with Crippen LogP contribution in [-0.4, -0.2) is 17.5 Å². The summed E-state index contributed by atoms with van der Waals surface area (Å²) in [5.74, 6) is -1.73. The van der Waals surface area contributed by atoms with Gasteiger partial charge in [-0.3, -0.25) is 4.79 Å². The molecule has 0 radical (unpaired) electrons. The standard InChI is InChI=1S/C15H14FNO3/c1-15(2)13-12(14(19)20-15)9(7-11(18)17-13)8-5-3-4-6-10(8)16/h3-6,9H,7H2,1-2H3,(H,17,18)/t9-/m1/s1. The minimum atomic E-state index is -0.883. The summed E-state index contributed by atoms with van der Waals surface area (Å²) >= 11 is 0. The van der Waals surface area contributed by atoms with Crippen molar-refractivity contribution in [2.75, 3.05) is 0 Å². The van der Waals surface area contributed by atoms with Gasteiger partial charge in [0, 0.05) is 12.3 Å². The molecule has 0 unspecified atom stereocenters. The maximum absolute atomic E-state index is 14.0. The van der Waals surface area contributed by atoms with Gasteiger partial charge in [0.25, 0.3) is 0 Å². The van der Waals surface area contributed by atoms with Gasteiger partial charge in [-0.15, -0.1) is 0 Å². The van der Waals surface area contributed by atoms with E-state index in [0.717, 1.165) is 0 Å². The third-order valence-electron chi connectivity index (χ3n) is 3.72. The molecule has 20 heavy (non-hydrogen) atoms. The molecule has 1 aromatic carbocycles. The van der Waals surface area contributed by atoms with Crippen LogP contribution in [0.3, 0.4) is 0 Å². The Bertz CT molecular complexity index is 648. The van der Waals surface area contributed by atoms with E-state index in [4.69, 9.17) is 4.74 Å². The van der Waals surface area contributed by atoms with E-state index in [-0.39, 0.29) is 12.3 Å². The molecule has 1 aromatic rings. The lowest BCUT2D eigenvalue weighted by atomic mass is 9.82. The number of nitrogens with one attached hydrogen (secondary N) is 1. The van der Waals surface area contributed by atoms with E-state index in [1.807, 2.05) is 0 Å². The molecule has 0 bridgehead atoms. The lowest BCUT2D eigenvalue weighted by Crippen LogP contribution is -2.38. The highest BCUT2D eigenvalue weighted by atomic mass is 19.1. The van der Waals surface area contributed by atoms with Crippen LogP contribution in [0.4, 0.5) is 4.39 Å². The van der Waals surface area contributed by atoms with E-state index in [1.54, 1.807) is 32.0 Å². The minimum absolute atomic E-state index is 0.0466. The molecular formula is C15H14FNO3. The lowest BCUT2D eigenvalue weighted by molar-refractivity contribution is -0.144. The van der Waals surface area contributed by atoms with Crippen LogP contribution in [-0.2, 0) is 14.3 Å². The van der Waals surface area contributed by atoms with Crippen LogP contribution in [0.1, 0.15) is 31.7 Å². The summed E-state index contributed by atoms with van der Waals surface area (Å²) in [6.07, 6.45) is 0.0466. The number of benzene rings is 1. The first kappa shape index (κ1) is 12.8. The van der Waals surface area contributed by atoms with Crippen molar-refractivity contribution in [2.45, 2.75) is 31.8 Å². The van der Waals surface area contributed by atoms with E-state index in [0.29, 0.717) is 16.8 Å². The van der Waals surface area contributed by atoms with Crippen molar-refractivity contribution >= 4 is 11.9 Å². The number of hydrogen-bond acceptors (Lipinski definition) is 3. The number of esters is 1.